The number of amides is 1. The zero-order valence-electron chi connectivity index (χ0n) is 17.0. The molecule has 0 bridgehead atoms. The van der Waals surface area contributed by atoms with E-state index in [1.54, 1.807) is 12.1 Å². The maximum Gasteiger partial charge on any atom is 0.257 e. The summed E-state index contributed by atoms with van der Waals surface area (Å²) < 4.78 is 2.78. The third kappa shape index (κ3) is 5.32. The van der Waals surface area contributed by atoms with Crippen LogP contribution in [0.1, 0.15) is 32.9 Å². The van der Waals surface area contributed by atoms with Crippen molar-refractivity contribution >= 4 is 33.5 Å². The first-order valence-corrected chi connectivity index (χ1v) is 10.1. The maximum absolute atomic E-state index is 12.7. The number of carbonyl (C=O) groups excluding carboxylic acids is 1. The lowest BCUT2D eigenvalue weighted by Gasteiger charge is -2.12. The molecule has 1 aromatic heterocycles. The van der Waals surface area contributed by atoms with Crippen LogP contribution in [-0.2, 0) is 13.6 Å². The highest BCUT2D eigenvalue weighted by Crippen LogP contribution is 2.16. The molecule has 2 N–H and O–H groups in total. The molecule has 1 heterocycles. The molecule has 3 rings (SSSR count). The molecule has 0 aliphatic carbocycles. The molecule has 0 aliphatic heterocycles. The molecule has 0 spiro atoms. The number of rotatable bonds is 4. The fourth-order valence-electron chi connectivity index (χ4n) is 2.90. The number of benzene rings is 2. The van der Waals surface area contributed by atoms with Gasteiger partial charge >= 0.3 is 0 Å². The molecule has 0 fully saturated rings. The van der Waals surface area contributed by atoms with Crippen molar-refractivity contribution in [2.75, 3.05) is 5.32 Å². The summed E-state index contributed by atoms with van der Waals surface area (Å²) in [5.74, 6) is 0.169. The van der Waals surface area contributed by atoms with Crippen molar-refractivity contribution in [2.24, 2.45) is 12.0 Å². The molecule has 2 aromatic carbocycles. The van der Waals surface area contributed by atoms with Crippen LogP contribution < -0.4 is 10.6 Å². The predicted octanol–water partition coefficient (Wildman–Crippen LogP) is 4.51. The summed E-state index contributed by atoms with van der Waals surface area (Å²) in [7, 11) is 1.91. The van der Waals surface area contributed by atoms with Crippen LogP contribution in [0.2, 0.25) is 0 Å². The van der Waals surface area contributed by atoms with Crippen molar-refractivity contribution in [2.45, 2.75) is 27.3 Å². The first-order chi connectivity index (χ1) is 13.8. The number of hydrogen-bond acceptors (Lipinski definition) is 3. The lowest BCUT2D eigenvalue weighted by Crippen LogP contribution is -2.36. The largest absolute Gasteiger partial charge is 0.326 e. The number of nitrogens with one attached hydrogen (secondary N) is 2. The van der Waals surface area contributed by atoms with E-state index >= 15 is 0 Å². The van der Waals surface area contributed by atoms with E-state index in [1.165, 1.54) is 0 Å². The van der Waals surface area contributed by atoms with Crippen LogP contribution >= 0.6 is 15.9 Å². The second-order valence-corrected chi connectivity index (χ2v) is 7.81. The summed E-state index contributed by atoms with van der Waals surface area (Å²) in [6, 6.07) is 15.1. The molecule has 0 atom stereocenters. The Morgan fingerprint density at radius 3 is 2.48 bits per heavy atom. The van der Waals surface area contributed by atoms with Crippen LogP contribution in [0.25, 0.3) is 0 Å². The number of aromatic nitrogens is 2. The number of guanidine groups is 1. The van der Waals surface area contributed by atoms with Crippen LogP contribution in [0.3, 0.4) is 0 Å². The third-order valence-electron chi connectivity index (χ3n) is 4.69. The van der Waals surface area contributed by atoms with Crippen LogP contribution in [0.4, 0.5) is 5.69 Å². The average molecular weight is 454 g/mol. The Balaban J connectivity index is 1.86. The molecule has 7 heteroatoms. The summed E-state index contributed by atoms with van der Waals surface area (Å²) in [6.45, 7) is 6.37. The number of aryl methyl sites for hydroxylation is 3. The van der Waals surface area contributed by atoms with E-state index in [9.17, 15) is 4.79 Å². The minimum absolute atomic E-state index is 0.217. The highest BCUT2D eigenvalue weighted by Gasteiger charge is 2.12. The van der Waals surface area contributed by atoms with Gasteiger partial charge < -0.3 is 5.32 Å². The Bertz CT molecular complexity index is 1050. The quantitative estimate of drug-likeness (QED) is 0.450. The highest BCUT2D eigenvalue weighted by molar-refractivity contribution is 9.10. The summed E-state index contributed by atoms with van der Waals surface area (Å²) in [4.78, 5) is 17.4. The Kier molecular flexibility index (Phi) is 6.49. The van der Waals surface area contributed by atoms with Crippen molar-refractivity contribution in [1.82, 2.24) is 15.1 Å². The van der Waals surface area contributed by atoms with Gasteiger partial charge in [0, 0.05) is 34.0 Å². The first-order valence-electron chi connectivity index (χ1n) is 9.27. The van der Waals surface area contributed by atoms with E-state index in [1.807, 2.05) is 68.9 Å². The molecule has 0 aliphatic rings. The fraction of sp³-hybridized carbons (Fsp3) is 0.227. The normalized spacial score (nSPS) is 11.4. The van der Waals surface area contributed by atoms with Crippen LogP contribution in [0.15, 0.2) is 58.0 Å². The van der Waals surface area contributed by atoms with Gasteiger partial charge in [0.15, 0.2) is 0 Å². The van der Waals surface area contributed by atoms with Crippen LogP contribution in [0, 0.1) is 20.8 Å². The van der Waals surface area contributed by atoms with Crippen molar-refractivity contribution in [3.63, 3.8) is 0 Å². The minimum Gasteiger partial charge on any atom is -0.326 e. The van der Waals surface area contributed by atoms with E-state index in [4.69, 9.17) is 0 Å². The zero-order valence-corrected chi connectivity index (χ0v) is 18.5. The molecule has 0 saturated carbocycles. The van der Waals surface area contributed by atoms with Crippen LogP contribution in [-0.4, -0.2) is 21.6 Å². The van der Waals surface area contributed by atoms with Gasteiger partial charge in [-0.3, -0.25) is 14.8 Å². The van der Waals surface area contributed by atoms with Crippen molar-refractivity contribution in [1.29, 1.82) is 0 Å². The maximum atomic E-state index is 12.7. The Morgan fingerprint density at radius 1 is 1.14 bits per heavy atom. The fourth-order valence-corrected chi connectivity index (χ4v) is 3.30. The minimum atomic E-state index is -0.217. The molecule has 29 heavy (non-hydrogen) atoms. The highest BCUT2D eigenvalue weighted by atomic mass is 79.9. The lowest BCUT2D eigenvalue weighted by atomic mass is 10.1. The van der Waals surface area contributed by atoms with Gasteiger partial charge in [0.2, 0.25) is 5.96 Å². The molecule has 6 nitrogen and oxygen atoms in total. The molecule has 3 aromatic rings. The van der Waals surface area contributed by atoms with Gasteiger partial charge in [-0.05, 0) is 51.1 Å². The van der Waals surface area contributed by atoms with E-state index < -0.39 is 0 Å². The number of hydrogen-bond donors (Lipinski definition) is 2. The molecule has 0 unspecified atom stereocenters. The number of nitrogens with zero attached hydrogens (tertiary/aromatic N) is 3. The summed E-state index contributed by atoms with van der Waals surface area (Å²) in [5, 5.41) is 10.5. The van der Waals surface area contributed by atoms with Gasteiger partial charge in [0.25, 0.3) is 5.91 Å². The second kappa shape index (κ2) is 9.05. The van der Waals surface area contributed by atoms with E-state index in [0.29, 0.717) is 18.1 Å². The van der Waals surface area contributed by atoms with Gasteiger partial charge in [-0.1, -0.05) is 39.7 Å². The van der Waals surface area contributed by atoms with E-state index in [0.717, 1.165) is 32.7 Å². The lowest BCUT2D eigenvalue weighted by molar-refractivity contribution is 0.0977. The van der Waals surface area contributed by atoms with Gasteiger partial charge in [0.1, 0.15) is 0 Å². The smallest absolute Gasteiger partial charge is 0.257 e. The SMILES string of the molecule is Cc1ccc(C(=O)NC(=NCc2c(C)nn(C)c2C)Nc2cccc(Br)c2)cc1. The van der Waals surface area contributed by atoms with Crippen molar-refractivity contribution in [3.05, 3.63) is 81.1 Å². The van der Waals surface area contributed by atoms with Gasteiger partial charge in [-0.2, -0.15) is 5.10 Å². The molecule has 0 radical (unpaired) electrons. The van der Waals surface area contributed by atoms with E-state index in [2.05, 4.69) is 36.7 Å². The molecular formula is C22H24BrN5O. The molecule has 1 amide bonds. The Labute approximate surface area is 179 Å². The Hall–Kier alpha value is -2.93. The molecule has 0 saturated heterocycles. The second-order valence-electron chi connectivity index (χ2n) is 6.89. The van der Waals surface area contributed by atoms with E-state index in [-0.39, 0.29) is 5.91 Å². The van der Waals surface area contributed by atoms with Gasteiger partial charge in [-0.15, -0.1) is 0 Å². The summed E-state index contributed by atoms with van der Waals surface area (Å²) >= 11 is 3.47. The summed E-state index contributed by atoms with van der Waals surface area (Å²) in [5.41, 5.74) is 5.53. The first kappa shape index (κ1) is 20.8. The monoisotopic (exact) mass is 453 g/mol. The number of halogens is 1. The van der Waals surface area contributed by atoms with Gasteiger partial charge in [0.05, 0.1) is 12.2 Å². The number of anilines is 1. The van der Waals surface area contributed by atoms with Crippen molar-refractivity contribution in [3.8, 4) is 0 Å². The van der Waals surface area contributed by atoms with Crippen LogP contribution in [0.5, 0.6) is 0 Å². The van der Waals surface area contributed by atoms with Gasteiger partial charge in [-0.25, -0.2) is 4.99 Å². The molecular weight excluding hydrogens is 430 g/mol. The average Bonchev–Trinajstić information content (AvgIpc) is 2.92. The number of aliphatic imine (C=N–C) groups is 1. The Morgan fingerprint density at radius 2 is 1.86 bits per heavy atom. The summed E-state index contributed by atoms with van der Waals surface area (Å²) in [6.07, 6.45) is 0. The third-order valence-corrected chi connectivity index (χ3v) is 5.18. The number of carbonyl (C=O) groups is 1. The molecule has 150 valence electrons. The standard InChI is InChI=1S/C22H24BrN5O/c1-14-8-10-17(11-9-14)21(29)26-22(25-19-7-5-6-18(23)12-19)24-13-20-15(2)27-28(4)16(20)3/h5-12H,13H2,1-4H3,(H2,24,25,26,29). The van der Waals surface area contributed by atoms with Crippen molar-refractivity contribution < 1.29 is 4.79 Å². The predicted molar refractivity (Wildman–Crippen MR) is 120 cm³/mol. The zero-order chi connectivity index (χ0) is 21.0. The topological polar surface area (TPSA) is 71.3 Å².